The summed E-state index contributed by atoms with van der Waals surface area (Å²) in [4.78, 5) is 24.8. The summed E-state index contributed by atoms with van der Waals surface area (Å²) in [5.74, 6) is -6.79. The highest BCUT2D eigenvalue weighted by atomic mass is 35.5. The monoisotopic (exact) mass is 467 g/mol. The predicted molar refractivity (Wildman–Crippen MR) is 105 cm³/mol. The number of aromatic nitrogens is 1. The SMILES string of the molecule is Cl.NC[C@@H]1CN(c2c(F)cc3c(=O)c(C(=O)O)cn(C4CC4)c3c2F)C[C@H]1C(F)(F)F. The Balaban J connectivity index is 0.00000272. The molecule has 0 spiro atoms. The van der Waals surface area contributed by atoms with E-state index in [9.17, 15) is 32.3 Å². The molecule has 0 radical (unpaired) electrons. The number of nitrogens with two attached hydrogens (primary N) is 1. The van der Waals surface area contributed by atoms with E-state index in [0.717, 1.165) is 11.1 Å². The summed E-state index contributed by atoms with van der Waals surface area (Å²) in [5.41, 5.74) is 2.81. The topological polar surface area (TPSA) is 88.6 Å². The highest BCUT2D eigenvalue weighted by Crippen LogP contribution is 2.43. The Morgan fingerprint density at radius 3 is 2.35 bits per heavy atom. The van der Waals surface area contributed by atoms with Crippen molar-refractivity contribution in [3.8, 4) is 0 Å². The molecule has 31 heavy (non-hydrogen) atoms. The van der Waals surface area contributed by atoms with E-state index in [0.29, 0.717) is 18.9 Å². The predicted octanol–water partition coefficient (Wildman–Crippen LogP) is 3.31. The second-order valence-electron chi connectivity index (χ2n) is 7.78. The minimum Gasteiger partial charge on any atom is -0.477 e. The second-order valence-corrected chi connectivity index (χ2v) is 7.78. The number of benzene rings is 1. The summed E-state index contributed by atoms with van der Waals surface area (Å²) in [5, 5.41) is 8.80. The molecule has 6 nitrogen and oxygen atoms in total. The van der Waals surface area contributed by atoms with Crippen LogP contribution in [0, 0.1) is 23.5 Å². The fourth-order valence-corrected chi connectivity index (χ4v) is 4.18. The summed E-state index contributed by atoms with van der Waals surface area (Å²) in [7, 11) is 0. The largest absolute Gasteiger partial charge is 0.477 e. The van der Waals surface area contributed by atoms with E-state index in [4.69, 9.17) is 5.73 Å². The standard InChI is InChI=1S/C19H18F5N3O3.ClH/c20-13-3-10-15(27(9-1-2-9)6-11(17(10)28)18(29)30)14(21)16(13)26-5-8(4-25)12(7-26)19(22,23)24;/h3,6,8-9,12H,1-2,4-5,7,25H2,(H,29,30);1H/t8-,12-;/m1./s1. The summed E-state index contributed by atoms with van der Waals surface area (Å²) in [6.45, 7) is -1.25. The number of fused-ring (bicyclic) bond motifs is 1. The molecule has 2 heterocycles. The van der Waals surface area contributed by atoms with Gasteiger partial charge in [0, 0.05) is 31.2 Å². The maximum Gasteiger partial charge on any atom is 0.393 e. The number of rotatable bonds is 4. The lowest BCUT2D eigenvalue weighted by atomic mass is 9.96. The lowest BCUT2D eigenvalue weighted by Gasteiger charge is -2.23. The third-order valence-electron chi connectivity index (χ3n) is 5.83. The lowest BCUT2D eigenvalue weighted by molar-refractivity contribution is -0.178. The van der Waals surface area contributed by atoms with Crippen LogP contribution in [0.2, 0.25) is 0 Å². The third-order valence-corrected chi connectivity index (χ3v) is 5.83. The van der Waals surface area contributed by atoms with Crippen molar-refractivity contribution in [2.45, 2.75) is 25.1 Å². The van der Waals surface area contributed by atoms with E-state index in [2.05, 4.69) is 0 Å². The van der Waals surface area contributed by atoms with Crippen LogP contribution in [0.1, 0.15) is 29.2 Å². The molecule has 4 rings (SSSR count). The number of carboxylic acids is 1. The zero-order valence-electron chi connectivity index (χ0n) is 16.0. The molecular weight excluding hydrogens is 449 g/mol. The average Bonchev–Trinajstić information content (AvgIpc) is 3.40. The first-order valence-electron chi connectivity index (χ1n) is 9.36. The summed E-state index contributed by atoms with van der Waals surface area (Å²) in [6, 6.07) is 0.442. The van der Waals surface area contributed by atoms with Gasteiger partial charge in [0.05, 0.1) is 16.8 Å². The van der Waals surface area contributed by atoms with Gasteiger partial charge >= 0.3 is 12.1 Å². The van der Waals surface area contributed by atoms with Gasteiger partial charge in [0.15, 0.2) is 5.82 Å². The number of aromatic carboxylic acids is 1. The maximum absolute atomic E-state index is 15.5. The van der Waals surface area contributed by atoms with Crippen LogP contribution in [0.4, 0.5) is 27.6 Å². The number of pyridine rings is 1. The molecule has 0 amide bonds. The van der Waals surface area contributed by atoms with Gasteiger partial charge in [0.2, 0.25) is 5.43 Å². The molecule has 3 N–H and O–H groups in total. The highest BCUT2D eigenvalue weighted by Gasteiger charge is 2.50. The van der Waals surface area contributed by atoms with Crippen molar-refractivity contribution in [3.63, 3.8) is 0 Å². The molecule has 1 aliphatic carbocycles. The fourth-order valence-electron chi connectivity index (χ4n) is 4.18. The Kier molecular flexibility index (Phi) is 5.96. The van der Waals surface area contributed by atoms with Gasteiger partial charge in [0.1, 0.15) is 17.1 Å². The van der Waals surface area contributed by atoms with E-state index in [1.165, 1.54) is 4.57 Å². The van der Waals surface area contributed by atoms with E-state index < -0.39 is 64.2 Å². The molecule has 2 atom stereocenters. The van der Waals surface area contributed by atoms with Crippen molar-refractivity contribution in [1.82, 2.24) is 4.57 Å². The van der Waals surface area contributed by atoms with Crippen LogP contribution >= 0.6 is 12.4 Å². The van der Waals surface area contributed by atoms with Gasteiger partial charge in [0.25, 0.3) is 0 Å². The van der Waals surface area contributed by atoms with Crippen LogP contribution in [-0.4, -0.2) is 41.5 Å². The minimum absolute atomic E-state index is 0. The smallest absolute Gasteiger partial charge is 0.393 e. The molecule has 1 aromatic carbocycles. The Labute approximate surface area is 178 Å². The number of halogens is 6. The molecule has 1 saturated heterocycles. The van der Waals surface area contributed by atoms with Gasteiger partial charge in [-0.1, -0.05) is 0 Å². The number of hydrogen-bond acceptors (Lipinski definition) is 4. The Morgan fingerprint density at radius 2 is 1.87 bits per heavy atom. The van der Waals surface area contributed by atoms with Crippen molar-refractivity contribution < 1.29 is 31.9 Å². The van der Waals surface area contributed by atoms with Gasteiger partial charge in [-0.15, -0.1) is 12.4 Å². The molecule has 2 aromatic rings. The van der Waals surface area contributed by atoms with E-state index in [-0.39, 0.29) is 37.1 Å². The van der Waals surface area contributed by atoms with Gasteiger partial charge in [-0.05, 0) is 25.5 Å². The Bertz CT molecular complexity index is 1100. The number of anilines is 1. The van der Waals surface area contributed by atoms with E-state index in [1.807, 2.05) is 0 Å². The fraction of sp³-hybridized carbons (Fsp3) is 0.474. The molecule has 12 heteroatoms. The van der Waals surface area contributed by atoms with Crippen LogP contribution in [0.5, 0.6) is 0 Å². The zero-order chi connectivity index (χ0) is 22.0. The summed E-state index contributed by atoms with van der Waals surface area (Å²) in [6.07, 6.45) is -2.34. The number of carbonyl (C=O) groups is 1. The average molecular weight is 468 g/mol. The van der Waals surface area contributed by atoms with Gasteiger partial charge in [-0.25, -0.2) is 13.6 Å². The first kappa shape index (κ1) is 23.3. The molecular formula is C19H19ClF5N3O3. The zero-order valence-corrected chi connectivity index (χ0v) is 16.8. The van der Waals surface area contributed by atoms with Crippen molar-refractivity contribution in [3.05, 3.63) is 39.7 Å². The molecule has 0 unspecified atom stereocenters. The first-order chi connectivity index (χ1) is 14.0. The highest BCUT2D eigenvalue weighted by molar-refractivity contribution is 5.94. The second kappa shape index (κ2) is 7.94. The van der Waals surface area contributed by atoms with Crippen LogP contribution in [0.25, 0.3) is 10.9 Å². The molecule has 1 aromatic heterocycles. The van der Waals surface area contributed by atoms with Gasteiger partial charge in [-0.3, -0.25) is 4.79 Å². The minimum atomic E-state index is -4.57. The van der Waals surface area contributed by atoms with Crippen LogP contribution in [0.3, 0.4) is 0 Å². The van der Waals surface area contributed by atoms with Gasteiger partial charge in [-0.2, -0.15) is 13.2 Å². The molecule has 1 saturated carbocycles. The van der Waals surface area contributed by atoms with Crippen molar-refractivity contribution >= 4 is 35.0 Å². The maximum atomic E-state index is 15.5. The van der Waals surface area contributed by atoms with Gasteiger partial charge < -0.3 is 20.3 Å². The number of carboxylic acid groups (broad SMARTS) is 1. The molecule has 0 bridgehead atoms. The molecule has 1 aliphatic heterocycles. The molecule has 2 fully saturated rings. The number of alkyl halides is 3. The number of hydrogen-bond donors (Lipinski definition) is 2. The quantitative estimate of drug-likeness (QED) is 0.674. The normalized spacial score (nSPS) is 21.4. The van der Waals surface area contributed by atoms with Crippen LogP contribution in [0.15, 0.2) is 17.1 Å². The van der Waals surface area contributed by atoms with Crippen LogP contribution in [-0.2, 0) is 0 Å². The number of nitrogens with zero attached hydrogens (tertiary/aromatic N) is 2. The van der Waals surface area contributed by atoms with E-state index in [1.54, 1.807) is 0 Å². The first-order valence-corrected chi connectivity index (χ1v) is 9.36. The third kappa shape index (κ3) is 3.84. The summed E-state index contributed by atoms with van der Waals surface area (Å²) < 4.78 is 71.6. The van der Waals surface area contributed by atoms with Crippen molar-refractivity contribution in [2.75, 3.05) is 24.5 Å². The van der Waals surface area contributed by atoms with Crippen molar-refractivity contribution in [2.24, 2.45) is 17.6 Å². The van der Waals surface area contributed by atoms with Crippen molar-refractivity contribution in [1.29, 1.82) is 0 Å². The Morgan fingerprint density at radius 1 is 1.23 bits per heavy atom. The van der Waals surface area contributed by atoms with Crippen LogP contribution < -0.4 is 16.1 Å². The molecule has 2 aliphatic rings. The van der Waals surface area contributed by atoms with E-state index >= 15 is 4.39 Å². The summed E-state index contributed by atoms with van der Waals surface area (Å²) >= 11 is 0. The lowest BCUT2D eigenvalue weighted by Crippen LogP contribution is -2.33. The Hall–Kier alpha value is -2.40. The molecule has 170 valence electrons.